The van der Waals surface area contributed by atoms with Crippen molar-refractivity contribution >= 4 is 29.3 Å². The summed E-state index contributed by atoms with van der Waals surface area (Å²) in [6, 6.07) is 12.2. The molecule has 0 fully saturated rings. The van der Waals surface area contributed by atoms with Crippen molar-refractivity contribution in [3.8, 4) is 17.2 Å². The summed E-state index contributed by atoms with van der Waals surface area (Å²) in [5.74, 6) is 0.927. The van der Waals surface area contributed by atoms with E-state index in [1.165, 1.54) is 16.4 Å². The normalized spacial score (nSPS) is 10.5. The van der Waals surface area contributed by atoms with E-state index in [0.29, 0.717) is 46.7 Å². The molecule has 0 aliphatic rings. The van der Waals surface area contributed by atoms with Gasteiger partial charge in [0.05, 0.1) is 20.0 Å². The minimum absolute atomic E-state index is 0.0703. The molecule has 0 saturated heterocycles. The van der Waals surface area contributed by atoms with Gasteiger partial charge in [-0.3, -0.25) is 9.59 Å². The first-order chi connectivity index (χ1) is 16.0. The van der Waals surface area contributed by atoms with Crippen molar-refractivity contribution in [1.29, 1.82) is 0 Å². The van der Waals surface area contributed by atoms with Gasteiger partial charge in [0.1, 0.15) is 17.2 Å². The van der Waals surface area contributed by atoms with E-state index in [4.69, 9.17) is 9.47 Å². The first-order valence-electron chi connectivity index (χ1n) is 10.3. The summed E-state index contributed by atoms with van der Waals surface area (Å²) in [6.45, 7) is 5.10. The maximum Gasteiger partial charge on any atom is 0.253 e. The fraction of sp³-hybridized carbons (Fsp3) is 0.318. The molecule has 33 heavy (non-hydrogen) atoms. The Kier molecular flexibility index (Phi) is 8.25. The first kappa shape index (κ1) is 24.1. The fourth-order valence-corrected chi connectivity index (χ4v) is 3.82. The number of thioether (sulfide) groups is 1. The lowest BCUT2D eigenvalue weighted by Gasteiger charge is -2.19. The minimum Gasteiger partial charge on any atom is -0.497 e. The summed E-state index contributed by atoms with van der Waals surface area (Å²) >= 11 is 1.17. The molecular weight excluding hydrogens is 444 g/mol. The molecule has 0 saturated carbocycles. The van der Waals surface area contributed by atoms with Crippen molar-refractivity contribution in [3.05, 3.63) is 48.0 Å². The Morgan fingerprint density at radius 3 is 2.58 bits per heavy atom. The molecule has 0 atom stereocenters. The van der Waals surface area contributed by atoms with E-state index in [2.05, 4.69) is 20.8 Å². The second kappa shape index (κ2) is 11.3. The van der Waals surface area contributed by atoms with Crippen molar-refractivity contribution in [2.24, 2.45) is 0 Å². The Balaban J connectivity index is 1.69. The van der Waals surface area contributed by atoms with Crippen LogP contribution in [0, 0.1) is 0 Å². The molecule has 0 radical (unpaired) electrons. The van der Waals surface area contributed by atoms with E-state index in [0.717, 1.165) is 0 Å². The molecule has 0 unspecified atom stereocenters. The fourth-order valence-electron chi connectivity index (χ4n) is 3.13. The Morgan fingerprint density at radius 1 is 1.09 bits per heavy atom. The zero-order chi connectivity index (χ0) is 23.8. The highest BCUT2D eigenvalue weighted by atomic mass is 32.2. The summed E-state index contributed by atoms with van der Waals surface area (Å²) in [5.41, 5.74) is 1.67. The number of rotatable bonds is 10. The molecule has 10 nitrogen and oxygen atoms in total. The molecule has 2 amide bonds. The van der Waals surface area contributed by atoms with E-state index in [1.807, 2.05) is 13.8 Å². The van der Waals surface area contributed by atoms with Crippen LogP contribution in [0.15, 0.2) is 47.6 Å². The highest BCUT2D eigenvalue weighted by molar-refractivity contribution is 7.99. The number of nitrogens with zero attached hydrogens (tertiary/aromatic N) is 5. The van der Waals surface area contributed by atoms with Crippen LogP contribution in [0.5, 0.6) is 11.5 Å². The second-order valence-electron chi connectivity index (χ2n) is 6.81. The number of carbonyl (C=O) groups excluding carboxylic acids is 2. The number of nitrogens with one attached hydrogen (secondary N) is 1. The van der Waals surface area contributed by atoms with Gasteiger partial charge < -0.3 is 19.7 Å². The molecule has 2 aromatic carbocycles. The van der Waals surface area contributed by atoms with Crippen LogP contribution in [-0.4, -0.2) is 70.0 Å². The number of methoxy groups -OCH3 is 2. The van der Waals surface area contributed by atoms with Gasteiger partial charge in [0.15, 0.2) is 0 Å². The summed E-state index contributed by atoms with van der Waals surface area (Å²) in [6.07, 6.45) is 0. The number of anilines is 1. The molecule has 11 heteroatoms. The predicted octanol–water partition coefficient (Wildman–Crippen LogP) is 2.89. The Morgan fingerprint density at radius 2 is 1.88 bits per heavy atom. The second-order valence-corrected chi connectivity index (χ2v) is 7.75. The lowest BCUT2D eigenvalue weighted by molar-refractivity contribution is -0.113. The third kappa shape index (κ3) is 5.80. The van der Waals surface area contributed by atoms with Gasteiger partial charge in [-0.2, -0.15) is 4.68 Å². The van der Waals surface area contributed by atoms with Crippen molar-refractivity contribution in [1.82, 2.24) is 25.1 Å². The van der Waals surface area contributed by atoms with Crippen molar-refractivity contribution in [2.75, 3.05) is 38.4 Å². The van der Waals surface area contributed by atoms with Gasteiger partial charge in [0.25, 0.3) is 5.91 Å². The van der Waals surface area contributed by atoms with Crippen LogP contribution >= 0.6 is 11.8 Å². The number of carbonyl (C=O) groups is 2. The van der Waals surface area contributed by atoms with Gasteiger partial charge in [-0.05, 0) is 54.6 Å². The molecule has 3 rings (SSSR count). The maximum atomic E-state index is 12.6. The molecule has 1 N–H and O–H groups in total. The quantitative estimate of drug-likeness (QED) is 0.450. The Bertz CT molecular complexity index is 1120. The summed E-state index contributed by atoms with van der Waals surface area (Å²) in [7, 11) is 3.12. The predicted molar refractivity (Wildman–Crippen MR) is 125 cm³/mol. The third-order valence-electron chi connectivity index (χ3n) is 4.83. The van der Waals surface area contributed by atoms with Gasteiger partial charge in [-0.15, -0.1) is 5.10 Å². The Hall–Kier alpha value is -3.60. The van der Waals surface area contributed by atoms with E-state index < -0.39 is 0 Å². The number of ether oxygens (including phenoxy) is 2. The number of benzene rings is 2. The van der Waals surface area contributed by atoms with Gasteiger partial charge in [-0.1, -0.05) is 17.8 Å². The molecule has 0 spiro atoms. The summed E-state index contributed by atoms with van der Waals surface area (Å²) in [5, 5.41) is 15.0. The van der Waals surface area contributed by atoms with Gasteiger partial charge in [-0.25, -0.2) is 0 Å². The van der Waals surface area contributed by atoms with Crippen LogP contribution in [0.1, 0.15) is 24.2 Å². The van der Waals surface area contributed by atoms with Crippen LogP contribution in [-0.2, 0) is 4.79 Å². The molecule has 174 valence electrons. The summed E-state index contributed by atoms with van der Waals surface area (Å²) in [4.78, 5) is 26.8. The molecule has 0 aliphatic heterocycles. The minimum atomic E-state index is -0.250. The third-order valence-corrected chi connectivity index (χ3v) is 5.75. The average Bonchev–Trinajstić information content (AvgIpc) is 3.31. The van der Waals surface area contributed by atoms with Gasteiger partial charge in [0.2, 0.25) is 11.1 Å². The number of tetrazole rings is 1. The monoisotopic (exact) mass is 470 g/mol. The van der Waals surface area contributed by atoms with E-state index in [1.54, 1.807) is 61.6 Å². The SMILES string of the molecule is CCN(CC)C(=O)c1cccc(NC(=O)CSc2nnnn2-c2cc(OC)ccc2OC)c1. The molecule has 0 bridgehead atoms. The highest BCUT2D eigenvalue weighted by Gasteiger charge is 2.17. The highest BCUT2D eigenvalue weighted by Crippen LogP contribution is 2.29. The van der Waals surface area contributed by atoms with Crippen LogP contribution in [0.4, 0.5) is 5.69 Å². The van der Waals surface area contributed by atoms with E-state index in [-0.39, 0.29) is 17.6 Å². The summed E-state index contributed by atoms with van der Waals surface area (Å²) < 4.78 is 12.2. The number of amides is 2. The van der Waals surface area contributed by atoms with Crippen molar-refractivity contribution < 1.29 is 19.1 Å². The number of hydrogen-bond donors (Lipinski definition) is 1. The topological polar surface area (TPSA) is 111 Å². The van der Waals surface area contributed by atoms with Crippen LogP contribution < -0.4 is 14.8 Å². The van der Waals surface area contributed by atoms with Gasteiger partial charge in [0, 0.05) is 30.4 Å². The lowest BCUT2D eigenvalue weighted by Crippen LogP contribution is -2.30. The van der Waals surface area contributed by atoms with E-state index >= 15 is 0 Å². The zero-order valence-electron chi connectivity index (χ0n) is 18.9. The van der Waals surface area contributed by atoms with Gasteiger partial charge >= 0.3 is 0 Å². The molecule has 3 aromatic rings. The van der Waals surface area contributed by atoms with Crippen LogP contribution in [0.25, 0.3) is 5.69 Å². The molecule has 0 aliphatic carbocycles. The maximum absolute atomic E-state index is 12.6. The molecular formula is C22H26N6O4S. The first-order valence-corrected chi connectivity index (χ1v) is 11.3. The van der Waals surface area contributed by atoms with Crippen LogP contribution in [0.2, 0.25) is 0 Å². The standard InChI is InChI=1S/C22H26N6O4S/c1-5-27(6-2)21(30)15-8-7-9-16(12-15)23-20(29)14-33-22-24-25-26-28(22)18-13-17(31-3)10-11-19(18)32-4/h7-13H,5-6,14H2,1-4H3,(H,23,29). The largest absolute Gasteiger partial charge is 0.497 e. The average molecular weight is 471 g/mol. The van der Waals surface area contributed by atoms with E-state index in [9.17, 15) is 9.59 Å². The molecule has 1 aromatic heterocycles. The molecule has 1 heterocycles. The van der Waals surface area contributed by atoms with Crippen molar-refractivity contribution in [2.45, 2.75) is 19.0 Å². The Labute approximate surface area is 196 Å². The van der Waals surface area contributed by atoms with Crippen LogP contribution in [0.3, 0.4) is 0 Å². The number of aromatic nitrogens is 4. The smallest absolute Gasteiger partial charge is 0.253 e. The zero-order valence-corrected chi connectivity index (χ0v) is 19.8. The van der Waals surface area contributed by atoms with Crippen molar-refractivity contribution in [3.63, 3.8) is 0 Å². The lowest BCUT2D eigenvalue weighted by atomic mass is 10.1. The number of hydrogen-bond acceptors (Lipinski definition) is 8.